The Morgan fingerprint density at radius 2 is 1.88 bits per heavy atom. The van der Waals surface area contributed by atoms with Crippen molar-refractivity contribution in [2.75, 3.05) is 19.8 Å². The molecule has 17 heavy (non-hydrogen) atoms. The molecule has 0 radical (unpaired) electrons. The summed E-state index contributed by atoms with van der Waals surface area (Å²) in [5.74, 6) is -0.160. The molecule has 0 heterocycles. The van der Waals surface area contributed by atoms with Gasteiger partial charge in [-0.3, -0.25) is 4.79 Å². The summed E-state index contributed by atoms with van der Waals surface area (Å²) in [7, 11) is 0. The fourth-order valence-corrected chi connectivity index (χ4v) is 1.97. The zero-order valence-corrected chi connectivity index (χ0v) is 11.2. The number of nitrogens with two attached hydrogens (primary N) is 1. The standard InChI is InChI=1S/C13H27NO3/c1-3-13(11-14,12(16)17-4-2)9-7-5-6-8-10-15/h15H,3-11,14H2,1-2H3. The lowest BCUT2D eigenvalue weighted by molar-refractivity contribution is -0.155. The third-order valence-electron chi connectivity index (χ3n) is 3.34. The van der Waals surface area contributed by atoms with Crippen molar-refractivity contribution in [3.63, 3.8) is 0 Å². The average molecular weight is 245 g/mol. The van der Waals surface area contributed by atoms with Crippen molar-refractivity contribution in [1.82, 2.24) is 0 Å². The van der Waals surface area contributed by atoms with Crippen LogP contribution in [0.25, 0.3) is 0 Å². The largest absolute Gasteiger partial charge is 0.466 e. The lowest BCUT2D eigenvalue weighted by Crippen LogP contribution is -2.39. The number of ether oxygens (including phenoxy) is 1. The van der Waals surface area contributed by atoms with Gasteiger partial charge in [-0.1, -0.05) is 26.2 Å². The Bertz CT molecular complexity index is 203. The minimum absolute atomic E-state index is 0.160. The van der Waals surface area contributed by atoms with Gasteiger partial charge in [-0.15, -0.1) is 0 Å². The Balaban J connectivity index is 4.16. The Labute approximate surface area is 105 Å². The van der Waals surface area contributed by atoms with Crippen LogP contribution in [0, 0.1) is 5.41 Å². The summed E-state index contributed by atoms with van der Waals surface area (Å²) in [4.78, 5) is 11.9. The van der Waals surface area contributed by atoms with Gasteiger partial charge in [0.25, 0.3) is 0 Å². The molecule has 0 saturated heterocycles. The zero-order chi connectivity index (χ0) is 13.1. The Morgan fingerprint density at radius 3 is 2.35 bits per heavy atom. The minimum Gasteiger partial charge on any atom is -0.466 e. The van der Waals surface area contributed by atoms with E-state index in [1.165, 1.54) is 0 Å². The van der Waals surface area contributed by atoms with Crippen molar-refractivity contribution in [1.29, 1.82) is 0 Å². The molecule has 0 rings (SSSR count). The predicted octanol–water partition coefficient (Wildman–Crippen LogP) is 1.85. The van der Waals surface area contributed by atoms with E-state index >= 15 is 0 Å². The van der Waals surface area contributed by atoms with Crippen molar-refractivity contribution < 1.29 is 14.6 Å². The second kappa shape index (κ2) is 9.42. The second-order valence-corrected chi connectivity index (χ2v) is 4.45. The van der Waals surface area contributed by atoms with Crippen LogP contribution in [0.2, 0.25) is 0 Å². The van der Waals surface area contributed by atoms with Gasteiger partial charge in [0.15, 0.2) is 0 Å². The molecular weight excluding hydrogens is 218 g/mol. The van der Waals surface area contributed by atoms with E-state index in [-0.39, 0.29) is 12.6 Å². The van der Waals surface area contributed by atoms with Crippen LogP contribution in [0.5, 0.6) is 0 Å². The lowest BCUT2D eigenvalue weighted by atomic mass is 9.80. The van der Waals surface area contributed by atoms with Crippen LogP contribution in [0.1, 0.15) is 52.4 Å². The topological polar surface area (TPSA) is 72.5 Å². The molecule has 0 aromatic rings. The molecule has 0 aliphatic heterocycles. The number of esters is 1. The third kappa shape index (κ3) is 5.50. The highest BCUT2D eigenvalue weighted by Gasteiger charge is 2.35. The number of carbonyl (C=O) groups is 1. The van der Waals surface area contributed by atoms with Gasteiger partial charge in [0.05, 0.1) is 12.0 Å². The summed E-state index contributed by atoms with van der Waals surface area (Å²) >= 11 is 0. The van der Waals surface area contributed by atoms with E-state index in [9.17, 15) is 4.79 Å². The molecule has 0 spiro atoms. The van der Waals surface area contributed by atoms with Crippen molar-refractivity contribution in [2.24, 2.45) is 11.1 Å². The third-order valence-corrected chi connectivity index (χ3v) is 3.34. The van der Waals surface area contributed by atoms with E-state index in [4.69, 9.17) is 15.6 Å². The minimum atomic E-state index is -0.505. The first-order chi connectivity index (χ1) is 8.16. The first kappa shape index (κ1) is 16.4. The van der Waals surface area contributed by atoms with Gasteiger partial charge >= 0.3 is 5.97 Å². The summed E-state index contributed by atoms with van der Waals surface area (Å²) in [6, 6.07) is 0. The van der Waals surface area contributed by atoms with Gasteiger partial charge in [0, 0.05) is 13.2 Å². The normalized spacial score (nSPS) is 14.4. The van der Waals surface area contributed by atoms with Crippen LogP contribution >= 0.6 is 0 Å². The SMILES string of the molecule is CCOC(=O)C(CC)(CN)CCCCCCO. The summed E-state index contributed by atoms with van der Waals surface area (Å²) in [5.41, 5.74) is 5.24. The molecule has 0 aromatic carbocycles. The highest BCUT2D eigenvalue weighted by Crippen LogP contribution is 2.29. The summed E-state index contributed by atoms with van der Waals surface area (Å²) < 4.78 is 5.11. The molecule has 1 atom stereocenters. The van der Waals surface area contributed by atoms with Crippen molar-refractivity contribution >= 4 is 5.97 Å². The van der Waals surface area contributed by atoms with E-state index in [1.54, 1.807) is 0 Å². The maximum absolute atomic E-state index is 11.9. The molecule has 0 bridgehead atoms. The zero-order valence-electron chi connectivity index (χ0n) is 11.2. The van der Waals surface area contributed by atoms with Gasteiger partial charge in [0.2, 0.25) is 0 Å². The highest BCUT2D eigenvalue weighted by atomic mass is 16.5. The smallest absolute Gasteiger partial charge is 0.313 e. The Morgan fingerprint density at radius 1 is 1.24 bits per heavy atom. The fourth-order valence-electron chi connectivity index (χ4n) is 1.97. The lowest BCUT2D eigenvalue weighted by Gasteiger charge is -2.28. The molecule has 4 heteroatoms. The molecule has 0 aliphatic carbocycles. The maximum Gasteiger partial charge on any atom is 0.313 e. The van der Waals surface area contributed by atoms with Crippen molar-refractivity contribution in [2.45, 2.75) is 52.4 Å². The Kier molecular flexibility index (Phi) is 9.09. The highest BCUT2D eigenvalue weighted by molar-refractivity contribution is 5.77. The molecule has 0 saturated carbocycles. The monoisotopic (exact) mass is 245 g/mol. The number of hydrogen-bond acceptors (Lipinski definition) is 4. The van der Waals surface area contributed by atoms with E-state index in [1.807, 2.05) is 13.8 Å². The summed E-state index contributed by atoms with van der Waals surface area (Å²) in [5, 5.41) is 8.68. The number of hydrogen-bond donors (Lipinski definition) is 2. The van der Waals surface area contributed by atoms with Crippen molar-refractivity contribution in [3.8, 4) is 0 Å². The predicted molar refractivity (Wildman–Crippen MR) is 68.6 cm³/mol. The first-order valence-corrected chi connectivity index (χ1v) is 6.65. The average Bonchev–Trinajstić information content (AvgIpc) is 2.34. The van der Waals surface area contributed by atoms with E-state index in [0.29, 0.717) is 13.2 Å². The number of rotatable bonds is 10. The quantitative estimate of drug-likeness (QED) is 0.455. The molecule has 0 fully saturated rings. The van der Waals surface area contributed by atoms with E-state index in [2.05, 4.69) is 0 Å². The van der Waals surface area contributed by atoms with Gasteiger partial charge in [0.1, 0.15) is 0 Å². The van der Waals surface area contributed by atoms with Gasteiger partial charge in [-0.05, 0) is 26.2 Å². The molecule has 0 aliphatic rings. The summed E-state index contributed by atoms with van der Waals surface area (Å²) in [6.45, 7) is 4.80. The van der Waals surface area contributed by atoms with Crippen LogP contribution in [-0.2, 0) is 9.53 Å². The summed E-state index contributed by atoms with van der Waals surface area (Å²) in [6.07, 6.45) is 5.34. The molecule has 3 N–H and O–H groups in total. The maximum atomic E-state index is 11.9. The van der Waals surface area contributed by atoms with Gasteiger partial charge in [-0.2, -0.15) is 0 Å². The molecule has 4 nitrogen and oxygen atoms in total. The van der Waals surface area contributed by atoms with E-state index in [0.717, 1.165) is 38.5 Å². The Hall–Kier alpha value is -0.610. The number of aliphatic hydroxyl groups is 1. The van der Waals surface area contributed by atoms with Gasteiger partial charge in [-0.25, -0.2) is 0 Å². The molecule has 0 aromatic heterocycles. The number of unbranched alkanes of at least 4 members (excludes halogenated alkanes) is 3. The van der Waals surface area contributed by atoms with Crippen LogP contribution in [0.15, 0.2) is 0 Å². The van der Waals surface area contributed by atoms with Gasteiger partial charge < -0.3 is 15.6 Å². The van der Waals surface area contributed by atoms with Crippen LogP contribution in [0.3, 0.4) is 0 Å². The molecular formula is C13H27NO3. The second-order valence-electron chi connectivity index (χ2n) is 4.45. The van der Waals surface area contributed by atoms with E-state index < -0.39 is 5.41 Å². The molecule has 102 valence electrons. The first-order valence-electron chi connectivity index (χ1n) is 6.65. The number of aliphatic hydroxyl groups excluding tert-OH is 1. The fraction of sp³-hybridized carbons (Fsp3) is 0.923. The molecule has 0 amide bonds. The van der Waals surface area contributed by atoms with Crippen molar-refractivity contribution in [3.05, 3.63) is 0 Å². The number of carbonyl (C=O) groups excluding carboxylic acids is 1. The van der Waals surface area contributed by atoms with Crippen LogP contribution in [-0.4, -0.2) is 30.8 Å². The molecule has 1 unspecified atom stereocenters. The van der Waals surface area contributed by atoms with Crippen LogP contribution < -0.4 is 5.73 Å². The van der Waals surface area contributed by atoms with Crippen LogP contribution in [0.4, 0.5) is 0 Å².